The van der Waals surface area contributed by atoms with Crippen molar-refractivity contribution in [2.24, 2.45) is 0 Å². The van der Waals surface area contributed by atoms with Gasteiger partial charge in [0.05, 0.1) is 14.2 Å². The number of aromatic hydroxyl groups is 2. The van der Waals surface area contributed by atoms with E-state index in [4.69, 9.17) is 18.9 Å². The minimum Gasteiger partial charge on any atom is -0.508 e. The number of hydrogen-bond acceptors (Lipinski definition) is 7. The van der Waals surface area contributed by atoms with Gasteiger partial charge in [0.25, 0.3) is 0 Å². The van der Waals surface area contributed by atoms with E-state index in [-0.39, 0.29) is 22.8 Å². The van der Waals surface area contributed by atoms with Crippen LogP contribution in [0.4, 0.5) is 0 Å². The molecule has 3 aromatic carbocycles. The topological polar surface area (TPSA) is 94.5 Å². The van der Waals surface area contributed by atoms with Gasteiger partial charge in [-0.3, -0.25) is 0 Å². The Hall–Kier alpha value is -3.87. The van der Waals surface area contributed by atoms with Crippen molar-refractivity contribution in [1.82, 2.24) is 0 Å². The second-order valence-electron chi connectivity index (χ2n) is 6.76. The van der Waals surface area contributed by atoms with E-state index >= 15 is 0 Å². The summed E-state index contributed by atoms with van der Waals surface area (Å²) in [6.45, 7) is 0. The van der Waals surface area contributed by atoms with Gasteiger partial charge in [-0.15, -0.1) is 0 Å². The van der Waals surface area contributed by atoms with Gasteiger partial charge in [0, 0.05) is 28.8 Å². The van der Waals surface area contributed by atoms with Crippen LogP contribution in [0.5, 0.6) is 34.5 Å². The van der Waals surface area contributed by atoms with Crippen LogP contribution in [-0.4, -0.2) is 30.4 Å². The molecule has 2 aliphatic heterocycles. The predicted octanol–water partition coefficient (Wildman–Crippen LogP) is 3.68. The fourth-order valence-corrected chi connectivity index (χ4v) is 4.10. The maximum absolute atomic E-state index is 13.0. The van der Waals surface area contributed by atoms with Crippen molar-refractivity contribution >= 4 is 5.97 Å². The van der Waals surface area contributed by atoms with Gasteiger partial charge in [-0.25, -0.2) is 4.79 Å². The highest BCUT2D eigenvalue weighted by Crippen LogP contribution is 2.58. The molecule has 5 rings (SSSR count). The lowest BCUT2D eigenvalue weighted by molar-refractivity contribution is 0.0223. The average molecular weight is 392 g/mol. The van der Waals surface area contributed by atoms with E-state index in [0.717, 1.165) is 0 Å². The lowest BCUT2D eigenvalue weighted by Gasteiger charge is -2.36. The third-order valence-corrected chi connectivity index (χ3v) is 5.28. The molecule has 7 heteroatoms. The molecule has 7 nitrogen and oxygen atoms in total. The van der Waals surface area contributed by atoms with Gasteiger partial charge in [-0.1, -0.05) is 0 Å². The molecule has 0 saturated carbocycles. The Balaban J connectivity index is 1.90. The van der Waals surface area contributed by atoms with Crippen molar-refractivity contribution in [2.45, 2.75) is 5.60 Å². The van der Waals surface area contributed by atoms with Gasteiger partial charge in [0.1, 0.15) is 28.6 Å². The molecule has 1 spiro atoms. The Kier molecular flexibility index (Phi) is 3.46. The molecule has 0 radical (unpaired) electrons. The average Bonchev–Trinajstić information content (AvgIpc) is 3.00. The van der Waals surface area contributed by atoms with Crippen LogP contribution in [0.15, 0.2) is 48.5 Å². The quantitative estimate of drug-likeness (QED) is 0.643. The summed E-state index contributed by atoms with van der Waals surface area (Å²) < 4.78 is 22.7. The molecule has 0 unspecified atom stereocenters. The molecule has 2 N–H and O–H groups in total. The zero-order chi connectivity index (χ0) is 20.3. The molecule has 0 atom stereocenters. The zero-order valence-electron chi connectivity index (χ0n) is 15.6. The Morgan fingerprint density at radius 3 is 1.97 bits per heavy atom. The lowest BCUT2D eigenvalue weighted by Crippen LogP contribution is -2.32. The van der Waals surface area contributed by atoms with Crippen LogP contribution in [-0.2, 0) is 10.3 Å². The summed E-state index contributed by atoms with van der Waals surface area (Å²) in [5.74, 6) is 0.745. The Morgan fingerprint density at radius 2 is 1.41 bits per heavy atom. The highest BCUT2D eigenvalue weighted by molar-refractivity contribution is 6.00. The lowest BCUT2D eigenvalue weighted by atomic mass is 9.77. The van der Waals surface area contributed by atoms with Crippen LogP contribution in [0.25, 0.3) is 0 Å². The highest BCUT2D eigenvalue weighted by Gasteiger charge is 2.55. The third kappa shape index (κ3) is 2.15. The van der Waals surface area contributed by atoms with E-state index in [1.54, 1.807) is 24.3 Å². The van der Waals surface area contributed by atoms with Crippen molar-refractivity contribution in [2.75, 3.05) is 14.2 Å². The number of hydrogen-bond donors (Lipinski definition) is 2. The Bertz CT molecular complexity index is 1130. The fourth-order valence-electron chi connectivity index (χ4n) is 4.10. The standard InChI is InChI=1S/C22H16O7/c1-26-16-8-7-15-19(20(16)27-2)21(25)29-22(15)13-5-3-11(23)9-17(13)28-18-10-12(24)4-6-14(18)22/h3-10,23-24H,1-2H3. The van der Waals surface area contributed by atoms with Crippen molar-refractivity contribution in [3.8, 4) is 34.5 Å². The number of benzene rings is 3. The summed E-state index contributed by atoms with van der Waals surface area (Å²) in [5.41, 5.74) is 0.589. The van der Waals surface area contributed by atoms with E-state index in [1.165, 1.54) is 38.5 Å². The number of esters is 1. The van der Waals surface area contributed by atoms with Crippen LogP contribution in [0.3, 0.4) is 0 Å². The van der Waals surface area contributed by atoms with Gasteiger partial charge >= 0.3 is 5.97 Å². The molecule has 3 aromatic rings. The summed E-state index contributed by atoms with van der Waals surface area (Å²) in [5, 5.41) is 19.9. The first-order valence-electron chi connectivity index (χ1n) is 8.83. The number of ether oxygens (including phenoxy) is 4. The van der Waals surface area contributed by atoms with E-state index in [2.05, 4.69) is 0 Å². The van der Waals surface area contributed by atoms with Gasteiger partial charge in [0.15, 0.2) is 17.1 Å². The van der Waals surface area contributed by atoms with Gasteiger partial charge in [0.2, 0.25) is 0 Å². The van der Waals surface area contributed by atoms with Crippen LogP contribution in [0.2, 0.25) is 0 Å². The summed E-state index contributed by atoms with van der Waals surface area (Å²) in [6, 6.07) is 12.6. The number of phenols is 2. The van der Waals surface area contributed by atoms with Crippen LogP contribution in [0, 0.1) is 0 Å². The third-order valence-electron chi connectivity index (χ3n) is 5.28. The smallest absolute Gasteiger partial charge is 0.344 e. The Labute approximate surface area is 165 Å². The highest BCUT2D eigenvalue weighted by atomic mass is 16.6. The van der Waals surface area contributed by atoms with Crippen molar-refractivity contribution in [1.29, 1.82) is 0 Å². The maximum atomic E-state index is 13.0. The SMILES string of the molecule is COc1ccc2c(c1OC)C(=O)OC21c2ccc(O)cc2Oc2cc(O)ccc21. The number of fused-ring (bicyclic) bond motifs is 6. The normalized spacial score (nSPS) is 15.0. The molecular weight excluding hydrogens is 376 g/mol. The molecule has 146 valence electrons. The van der Waals surface area contributed by atoms with E-state index in [0.29, 0.717) is 33.9 Å². The predicted molar refractivity (Wildman–Crippen MR) is 101 cm³/mol. The monoisotopic (exact) mass is 392 g/mol. The number of methoxy groups -OCH3 is 2. The van der Waals surface area contributed by atoms with E-state index in [1.807, 2.05) is 0 Å². The fraction of sp³-hybridized carbons (Fsp3) is 0.136. The zero-order valence-corrected chi connectivity index (χ0v) is 15.6. The van der Waals surface area contributed by atoms with Crippen LogP contribution < -0.4 is 14.2 Å². The maximum Gasteiger partial charge on any atom is 0.344 e. The first-order chi connectivity index (χ1) is 14.0. The molecule has 0 saturated heterocycles. The van der Waals surface area contributed by atoms with Crippen molar-refractivity contribution < 1.29 is 34.0 Å². The second kappa shape index (κ2) is 5.81. The summed E-state index contributed by atoms with van der Waals surface area (Å²) in [7, 11) is 2.95. The first-order valence-corrected chi connectivity index (χ1v) is 8.83. The molecule has 0 bridgehead atoms. The van der Waals surface area contributed by atoms with Crippen molar-refractivity contribution in [3.05, 3.63) is 70.8 Å². The van der Waals surface area contributed by atoms with Gasteiger partial charge < -0.3 is 29.2 Å². The van der Waals surface area contributed by atoms with Gasteiger partial charge in [-0.05, 0) is 36.4 Å². The molecule has 2 heterocycles. The van der Waals surface area contributed by atoms with Crippen LogP contribution >= 0.6 is 0 Å². The number of carbonyl (C=O) groups is 1. The largest absolute Gasteiger partial charge is 0.508 e. The summed E-state index contributed by atoms with van der Waals surface area (Å²) in [4.78, 5) is 13.0. The molecular formula is C22H16O7. The number of phenolic OH excluding ortho intramolecular Hbond substituents is 2. The molecule has 0 amide bonds. The minimum absolute atomic E-state index is 0.000591. The molecule has 0 aliphatic carbocycles. The van der Waals surface area contributed by atoms with E-state index < -0.39 is 11.6 Å². The van der Waals surface area contributed by atoms with Gasteiger partial charge in [-0.2, -0.15) is 0 Å². The Morgan fingerprint density at radius 1 is 0.828 bits per heavy atom. The second-order valence-corrected chi connectivity index (χ2v) is 6.76. The minimum atomic E-state index is -1.32. The van der Waals surface area contributed by atoms with E-state index in [9.17, 15) is 15.0 Å². The summed E-state index contributed by atoms with van der Waals surface area (Å²) >= 11 is 0. The molecule has 0 aromatic heterocycles. The number of carbonyl (C=O) groups excluding carboxylic acids is 1. The molecule has 2 aliphatic rings. The van der Waals surface area contributed by atoms with Crippen LogP contribution in [0.1, 0.15) is 27.0 Å². The molecule has 0 fully saturated rings. The first kappa shape index (κ1) is 17.2. The number of rotatable bonds is 2. The molecule has 29 heavy (non-hydrogen) atoms. The van der Waals surface area contributed by atoms with Crippen molar-refractivity contribution in [3.63, 3.8) is 0 Å². The summed E-state index contributed by atoms with van der Waals surface area (Å²) in [6.07, 6.45) is 0.